The number of alkyl halides is 3. The molecule has 1 N–H and O–H groups in total. The number of nitrogens with one attached hydrogen (secondary N) is 1. The highest BCUT2D eigenvalue weighted by Crippen LogP contribution is 2.34. The molecule has 0 atom stereocenters. The van der Waals surface area contributed by atoms with E-state index < -0.39 is 11.7 Å². The number of carbonyl (C=O) groups is 1. The van der Waals surface area contributed by atoms with Crippen molar-refractivity contribution in [2.75, 3.05) is 13.6 Å². The molecule has 6 heteroatoms. The van der Waals surface area contributed by atoms with E-state index in [1.807, 2.05) is 0 Å². The lowest BCUT2D eigenvalue weighted by Crippen LogP contribution is -2.38. The molecule has 0 aromatic heterocycles. The van der Waals surface area contributed by atoms with Crippen LogP contribution in [0.4, 0.5) is 13.2 Å². The molecule has 110 valence electrons. The van der Waals surface area contributed by atoms with E-state index in [1.165, 1.54) is 12.1 Å². The van der Waals surface area contributed by atoms with Gasteiger partial charge in [0.25, 0.3) is 0 Å². The van der Waals surface area contributed by atoms with E-state index in [9.17, 15) is 18.0 Å². The maximum absolute atomic E-state index is 12.9. The molecule has 0 heterocycles. The highest BCUT2D eigenvalue weighted by atomic mass is 19.4. The third-order valence-corrected chi connectivity index (χ3v) is 3.30. The molecule has 1 aliphatic carbocycles. The first kappa shape index (κ1) is 14.8. The number of halogens is 3. The minimum Gasteiger partial charge on any atom is -0.334 e. The quantitative estimate of drug-likeness (QED) is 0.901. The van der Waals surface area contributed by atoms with Gasteiger partial charge in [-0.25, -0.2) is 0 Å². The van der Waals surface area contributed by atoms with Crippen LogP contribution in [0.2, 0.25) is 0 Å². The summed E-state index contributed by atoms with van der Waals surface area (Å²) in [7, 11) is 1.65. The van der Waals surface area contributed by atoms with Gasteiger partial charge in [-0.1, -0.05) is 18.2 Å². The van der Waals surface area contributed by atoms with Gasteiger partial charge in [-0.15, -0.1) is 0 Å². The Balaban J connectivity index is 2.21. The fraction of sp³-hybridized carbons (Fsp3) is 0.500. The molecule has 1 fully saturated rings. The number of likely N-dealkylation sites (N-methyl/N-ethyl adjacent to an activating group) is 1. The van der Waals surface area contributed by atoms with Gasteiger partial charge < -0.3 is 10.2 Å². The number of nitrogens with zero attached hydrogens (tertiary/aromatic N) is 1. The predicted octanol–water partition coefficient (Wildman–Crippen LogP) is 2.42. The second-order valence-electron chi connectivity index (χ2n) is 4.94. The van der Waals surface area contributed by atoms with E-state index in [0.29, 0.717) is 0 Å². The lowest BCUT2D eigenvalue weighted by Gasteiger charge is -2.24. The lowest BCUT2D eigenvalue weighted by atomic mass is 10.1. The van der Waals surface area contributed by atoms with Gasteiger partial charge in [-0.05, 0) is 31.5 Å². The van der Waals surface area contributed by atoms with Crippen molar-refractivity contribution in [1.82, 2.24) is 10.2 Å². The molecular formula is C14H17F3N2O. The van der Waals surface area contributed by atoms with E-state index in [2.05, 4.69) is 5.32 Å². The highest BCUT2D eigenvalue weighted by molar-refractivity contribution is 5.79. The van der Waals surface area contributed by atoms with Gasteiger partial charge in [0.05, 0.1) is 12.1 Å². The summed E-state index contributed by atoms with van der Waals surface area (Å²) in [6, 6.07) is 5.51. The van der Waals surface area contributed by atoms with Crippen LogP contribution in [0.5, 0.6) is 0 Å². The monoisotopic (exact) mass is 286 g/mol. The first-order valence-electron chi connectivity index (χ1n) is 6.52. The topological polar surface area (TPSA) is 32.3 Å². The zero-order valence-electron chi connectivity index (χ0n) is 11.2. The van der Waals surface area contributed by atoms with Crippen molar-refractivity contribution >= 4 is 5.91 Å². The van der Waals surface area contributed by atoms with E-state index in [4.69, 9.17) is 0 Å². The number of benzene rings is 1. The summed E-state index contributed by atoms with van der Waals surface area (Å²) in [6.45, 7) is 0.158. The van der Waals surface area contributed by atoms with Gasteiger partial charge in [-0.3, -0.25) is 4.79 Å². The van der Waals surface area contributed by atoms with Gasteiger partial charge in [-0.2, -0.15) is 13.2 Å². The molecule has 0 radical (unpaired) electrons. The van der Waals surface area contributed by atoms with E-state index >= 15 is 0 Å². The molecule has 0 saturated heterocycles. The number of amides is 1. The van der Waals surface area contributed by atoms with Gasteiger partial charge in [0.15, 0.2) is 0 Å². The molecule has 1 saturated carbocycles. The summed E-state index contributed by atoms with van der Waals surface area (Å²) >= 11 is 0. The largest absolute Gasteiger partial charge is 0.416 e. The number of rotatable bonds is 5. The van der Waals surface area contributed by atoms with Crippen molar-refractivity contribution in [2.45, 2.75) is 31.6 Å². The van der Waals surface area contributed by atoms with Crippen LogP contribution in [-0.4, -0.2) is 30.4 Å². The predicted molar refractivity (Wildman–Crippen MR) is 68.9 cm³/mol. The maximum atomic E-state index is 12.9. The Morgan fingerprint density at radius 2 is 2.00 bits per heavy atom. The molecule has 0 bridgehead atoms. The molecule has 1 aromatic carbocycles. The summed E-state index contributed by atoms with van der Waals surface area (Å²) in [4.78, 5) is 13.5. The summed E-state index contributed by atoms with van der Waals surface area (Å²) in [5, 5.41) is 2.75. The molecule has 0 spiro atoms. The molecule has 1 amide bonds. The van der Waals surface area contributed by atoms with E-state index in [-0.39, 0.29) is 30.6 Å². The van der Waals surface area contributed by atoms with E-state index in [1.54, 1.807) is 18.0 Å². The van der Waals surface area contributed by atoms with Crippen LogP contribution in [0.3, 0.4) is 0 Å². The van der Waals surface area contributed by atoms with Crippen molar-refractivity contribution in [1.29, 1.82) is 0 Å². The Morgan fingerprint density at radius 1 is 1.35 bits per heavy atom. The fourth-order valence-electron chi connectivity index (χ4n) is 2.18. The summed E-state index contributed by atoms with van der Waals surface area (Å²) in [5.41, 5.74) is -0.515. The van der Waals surface area contributed by atoms with Crippen molar-refractivity contribution < 1.29 is 18.0 Å². The number of hydrogen-bond donors (Lipinski definition) is 1. The molecule has 20 heavy (non-hydrogen) atoms. The van der Waals surface area contributed by atoms with Gasteiger partial charge in [0.2, 0.25) is 5.91 Å². The average molecular weight is 286 g/mol. The first-order chi connectivity index (χ1) is 9.43. The van der Waals surface area contributed by atoms with Crippen molar-refractivity contribution in [3.05, 3.63) is 35.4 Å². The SMILES string of the molecule is CNCC(=O)N(Cc1ccccc1C(F)(F)F)C1CC1. The Bertz CT molecular complexity index is 484. The van der Waals surface area contributed by atoms with Crippen LogP contribution in [0.1, 0.15) is 24.0 Å². The van der Waals surface area contributed by atoms with E-state index in [0.717, 1.165) is 18.9 Å². The minimum atomic E-state index is -4.39. The summed E-state index contributed by atoms with van der Waals surface area (Å²) in [5.74, 6) is -0.160. The third-order valence-electron chi connectivity index (χ3n) is 3.30. The number of carbonyl (C=O) groups excluding carboxylic acids is 1. The molecule has 0 unspecified atom stereocenters. The van der Waals surface area contributed by atoms with Crippen molar-refractivity contribution in [2.24, 2.45) is 0 Å². The first-order valence-corrected chi connectivity index (χ1v) is 6.52. The smallest absolute Gasteiger partial charge is 0.334 e. The van der Waals surface area contributed by atoms with Crippen LogP contribution in [-0.2, 0) is 17.5 Å². The average Bonchev–Trinajstić information content (AvgIpc) is 3.19. The summed E-state index contributed by atoms with van der Waals surface area (Å²) < 4.78 is 38.8. The van der Waals surface area contributed by atoms with Crippen LogP contribution in [0, 0.1) is 0 Å². The zero-order valence-corrected chi connectivity index (χ0v) is 11.2. The molecule has 1 aromatic rings. The Hall–Kier alpha value is -1.56. The Morgan fingerprint density at radius 3 is 2.55 bits per heavy atom. The standard InChI is InChI=1S/C14H17F3N2O/c1-18-8-13(20)19(11-6-7-11)9-10-4-2-3-5-12(10)14(15,16)17/h2-5,11,18H,6-9H2,1H3. The van der Waals surface area contributed by atoms with Crippen LogP contribution in [0.15, 0.2) is 24.3 Å². The second-order valence-corrected chi connectivity index (χ2v) is 4.94. The normalized spacial score (nSPS) is 15.2. The van der Waals surface area contributed by atoms with Crippen molar-refractivity contribution in [3.63, 3.8) is 0 Å². The number of hydrogen-bond acceptors (Lipinski definition) is 2. The van der Waals surface area contributed by atoms with Gasteiger partial charge in [0.1, 0.15) is 0 Å². The molecular weight excluding hydrogens is 269 g/mol. The van der Waals surface area contributed by atoms with Gasteiger partial charge >= 0.3 is 6.18 Å². The molecule has 2 rings (SSSR count). The third kappa shape index (κ3) is 3.50. The van der Waals surface area contributed by atoms with Gasteiger partial charge in [0, 0.05) is 12.6 Å². The maximum Gasteiger partial charge on any atom is 0.416 e. The lowest BCUT2D eigenvalue weighted by molar-refractivity contribution is -0.140. The minimum absolute atomic E-state index is 0.0147. The van der Waals surface area contributed by atoms with Crippen LogP contribution < -0.4 is 5.32 Å². The van der Waals surface area contributed by atoms with Crippen LogP contribution >= 0.6 is 0 Å². The zero-order chi connectivity index (χ0) is 14.8. The molecule has 3 nitrogen and oxygen atoms in total. The molecule has 0 aliphatic heterocycles. The Labute approximate surface area is 115 Å². The second kappa shape index (κ2) is 5.83. The fourth-order valence-corrected chi connectivity index (χ4v) is 2.18. The van der Waals surface area contributed by atoms with Crippen LogP contribution in [0.25, 0.3) is 0 Å². The summed E-state index contributed by atoms with van der Waals surface area (Å²) in [6.07, 6.45) is -2.66. The molecule has 1 aliphatic rings. The van der Waals surface area contributed by atoms with Crippen molar-refractivity contribution in [3.8, 4) is 0 Å². The Kier molecular flexibility index (Phi) is 4.32. The highest BCUT2D eigenvalue weighted by Gasteiger charge is 2.36.